The van der Waals surface area contributed by atoms with Crippen LogP contribution in [0.1, 0.15) is 58.2 Å². The first-order valence-electron chi connectivity index (χ1n) is 12.9. The predicted octanol–water partition coefficient (Wildman–Crippen LogP) is 5.68. The second-order valence-corrected chi connectivity index (χ2v) is 10.6. The molecule has 1 aliphatic rings. The van der Waals surface area contributed by atoms with Crippen LogP contribution in [0, 0.1) is 11.3 Å². The third-order valence-corrected chi connectivity index (χ3v) is 7.50. The molecule has 0 spiro atoms. The summed E-state index contributed by atoms with van der Waals surface area (Å²) in [6.45, 7) is 5.01. The smallest absolute Gasteiger partial charge is 0.305 e. The number of carboxylic acid groups (broad SMARTS) is 1. The number of halogens is 2. The predicted molar refractivity (Wildman–Crippen MR) is 157 cm³/mol. The van der Waals surface area contributed by atoms with Crippen LogP contribution in [0.25, 0.3) is 0 Å². The van der Waals surface area contributed by atoms with Gasteiger partial charge in [-0.15, -0.1) is 0 Å². The highest BCUT2D eigenvalue weighted by atomic mass is 35.5. The Bertz CT molecular complexity index is 1500. The number of nitrogens with zero attached hydrogens (tertiary/aromatic N) is 2. The summed E-state index contributed by atoms with van der Waals surface area (Å²) in [4.78, 5) is 40.3. The zero-order chi connectivity index (χ0) is 29.7. The largest absolute Gasteiger partial charge is 0.481 e. The number of aliphatic carboxylic acids is 1. The number of nitriles is 1. The molecular formula is C30H28Cl2N4O5. The van der Waals surface area contributed by atoms with Gasteiger partial charge in [0.05, 0.1) is 58.7 Å². The molecule has 1 fully saturated rings. The number of hydrogen-bond acceptors (Lipinski definition) is 6. The zero-order valence-electron chi connectivity index (χ0n) is 22.4. The van der Waals surface area contributed by atoms with E-state index in [1.165, 1.54) is 12.1 Å². The molecule has 3 N–H and O–H groups in total. The average molecular weight is 595 g/mol. The van der Waals surface area contributed by atoms with Gasteiger partial charge in [-0.1, -0.05) is 29.3 Å². The number of carbonyl (C=O) groups is 3. The van der Waals surface area contributed by atoms with Gasteiger partial charge in [-0.05, 0) is 74.0 Å². The van der Waals surface area contributed by atoms with E-state index >= 15 is 0 Å². The fourth-order valence-corrected chi connectivity index (χ4v) is 5.08. The van der Waals surface area contributed by atoms with E-state index < -0.39 is 23.8 Å². The Morgan fingerprint density at radius 2 is 1.63 bits per heavy atom. The van der Waals surface area contributed by atoms with Gasteiger partial charge in [0.25, 0.3) is 11.8 Å². The first-order valence-corrected chi connectivity index (χ1v) is 13.6. The minimum atomic E-state index is -1.11. The van der Waals surface area contributed by atoms with Crippen molar-refractivity contribution in [3.8, 4) is 6.07 Å². The third-order valence-electron chi connectivity index (χ3n) is 6.76. The Balaban J connectivity index is 1.68. The number of carboxylic acids is 1. The number of morpholine rings is 1. The summed E-state index contributed by atoms with van der Waals surface area (Å²) < 4.78 is 5.67. The van der Waals surface area contributed by atoms with E-state index in [1.54, 1.807) is 48.5 Å². The lowest BCUT2D eigenvalue weighted by atomic mass is 10.0. The van der Waals surface area contributed by atoms with Gasteiger partial charge in [0.1, 0.15) is 0 Å². The summed E-state index contributed by atoms with van der Waals surface area (Å²) in [5.74, 6) is -2.06. The summed E-state index contributed by atoms with van der Waals surface area (Å²) in [5, 5.41) is 24.8. The van der Waals surface area contributed by atoms with Crippen molar-refractivity contribution >= 4 is 52.4 Å². The summed E-state index contributed by atoms with van der Waals surface area (Å²) in [6, 6.07) is 17.0. The maximum Gasteiger partial charge on any atom is 0.305 e. The van der Waals surface area contributed by atoms with E-state index in [-0.39, 0.29) is 29.1 Å². The molecule has 3 atom stereocenters. The maximum atomic E-state index is 13.4. The maximum absolute atomic E-state index is 13.4. The van der Waals surface area contributed by atoms with E-state index in [4.69, 9.17) is 33.2 Å². The molecule has 1 aliphatic heterocycles. The highest BCUT2D eigenvalue weighted by Gasteiger charge is 2.29. The molecule has 1 heterocycles. The molecule has 212 valence electrons. The second-order valence-electron chi connectivity index (χ2n) is 9.82. The van der Waals surface area contributed by atoms with Crippen molar-refractivity contribution < 1.29 is 24.2 Å². The van der Waals surface area contributed by atoms with E-state index in [1.807, 2.05) is 19.9 Å². The van der Waals surface area contributed by atoms with Crippen LogP contribution in [0.4, 0.5) is 11.4 Å². The number of amides is 2. The number of carbonyl (C=O) groups excluding carboxylic acids is 2. The molecule has 3 unspecified atom stereocenters. The molecule has 0 aromatic heterocycles. The number of ether oxygens (including phenoxy) is 1. The summed E-state index contributed by atoms with van der Waals surface area (Å²) >= 11 is 12.2. The standard InChI is InChI=1S/C30H28Cl2N4O5/c1-17-15-41-16-18(2)36(17)27-10-8-22(12-26(27)35-29(39)20-5-3-19(14-33)4-6-20)30(40)34-25(13-28(37)38)21-7-9-23(31)24(32)11-21/h3-12,17-18,25H,13,15-16H2,1-2H3,(H,34,40)(H,35,39)(H,37,38). The van der Waals surface area contributed by atoms with Gasteiger partial charge < -0.3 is 25.4 Å². The van der Waals surface area contributed by atoms with Crippen LogP contribution >= 0.6 is 23.2 Å². The summed E-state index contributed by atoms with van der Waals surface area (Å²) in [5.41, 5.74) is 2.57. The van der Waals surface area contributed by atoms with Gasteiger partial charge >= 0.3 is 5.97 Å². The van der Waals surface area contributed by atoms with Crippen LogP contribution < -0.4 is 15.5 Å². The molecule has 4 rings (SSSR count). The van der Waals surface area contributed by atoms with Crippen molar-refractivity contribution in [1.29, 1.82) is 5.26 Å². The molecule has 11 heteroatoms. The quantitative estimate of drug-likeness (QED) is 0.306. The van der Waals surface area contributed by atoms with Crippen LogP contribution in [-0.2, 0) is 9.53 Å². The Morgan fingerprint density at radius 3 is 2.24 bits per heavy atom. The number of hydrogen-bond donors (Lipinski definition) is 3. The van der Waals surface area contributed by atoms with Gasteiger partial charge in [-0.25, -0.2) is 0 Å². The fraction of sp³-hybridized carbons (Fsp3) is 0.267. The Hall–Kier alpha value is -4.10. The van der Waals surface area contributed by atoms with Crippen molar-refractivity contribution in [2.24, 2.45) is 0 Å². The molecule has 0 bridgehead atoms. The number of benzene rings is 3. The second kappa shape index (κ2) is 13.0. The lowest BCUT2D eigenvalue weighted by molar-refractivity contribution is -0.137. The van der Waals surface area contributed by atoms with E-state index in [0.29, 0.717) is 46.3 Å². The average Bonchev–Trinajstić information content (AvgIpc) is 2.94. The first kappa shape index (κ1) is 29.9. The molecular weight excluding hydrogens is 567 g/mol. The SMILES string of the molecule is CC1COCC(C)N1c1ccc(C(=O)NC(CC(=O)O)c2ccc(Cl)c(Cl)c2)cc1NC(=O)c1ccc(C#N)cc1. The van der Waals surface area contributed by atoms with E-state index in [9.17, 15) is 19.5 Å². The highest BCUT2D eigenvalue weighted by molar-refractivity contribution is 6.42. The van der Waals surface area contributed by atoms with Gasteiger partial charge in [0, 0.05) is 23.2 Å². The van der Waals surface area contributed by atoms with E-state index in [0.717, 1.165) is 0 Å². The topological polar surface area (TPSA) is 132 Å². The molecule has 9 nitrogen and oxygen atoms in total. The summed E-state index contributed by atoms with van der Waals surface area (Å²) in [7, 11) is 0. The number of rotatable bonds is 8. The Labute approximate surface area is 247 Å². The van der Waals surface area contributed by atoms with Crippen molar-refractivity contribution in [1.82, 2.24) is 5.32 Å². The molecule has 1 saturated heterocycles. The van der Waals surface area contributed by atoms with Gasteiger partial charge in [0.15, 0.2) is 0 Å². The van der Waals surface area contributed by atoms with Gasteiger partial charge in [0.2, 0.25) is 0 Å². The Morgan fingerprint density at radius 1 is 0.976 bits per heavy atom. The lowest BCUT2D eigenvalue weighted by Crippen LogP contribution is -2.50. The minimum Gasteiger partial charge on any atom is -0.481 e. The zero-order valence-corrected chi connectivity index (χ0v) is 23.9. The number of anilines is 2. The van der Waals surface area contributed by atoms with Crippen molar-refractivity contribution in [2.75, 3.05) is 23.4 Å². The van der Waals surface area contributed by atoms with Crippen LogP contribution in [0.3, 0.4) is 0 Å². The van der Waals surface area contributed by atoms with Crippen molar-refractivity contribution in [2.45, 2.75) is 38.4 Å². The Kier molecular flexibility index (Phi) is 9.50. The lowest BCUT2D eigenvalue weighted by Gasteiger charge is -2.41. The van der Waals surface area contributed by atoms with Crippen molar-refractivity contribution in [3.63, 3.8) is 0 Å². The fourth-order valence-electron chi connectivity index (χ4n) is 4.77. The minimum absolute atomic E-state index is 0.00130. The molecule has 41 heavy (non-hydrogen) atoms. The molecule has 2 amide bonds. The van der Waals surface area contributed by atoms with Crippen LogP contribution in [0.5, 0.6) is 0 Å². The summed E-state index contributed by atoms with van der Waals surface area (Å²) in [6.07, 6.45) is -0.382. The van der Waals surface area contributed by atoms with Crippen LogP contribution in [0.15, 0.2) is 60.7 Å². The molecule has 3 aromatic carbocycles. The van der Waals surface area contributed by atoms with Gasteiger partial charge in [-0.2, -0.15) is 5.26 Å². The van der Waals surface area contributed by atoms with Crippen LogP contribution in [-0.4, -0.2) is 48.2 Å². The van der Waals surface area contributed by atoms with Crippen molar-refractivity contribution in [3.05, 3.63) is 93.0 Å². The number of nitrogens with one attached hydrogen (secondary N) is 2. The molecule has 0 aliphatic carbocycles. The normalized spacial score (nSPS) is 17.3. The van der Waals surface area contributed by atoms with Crippen LogP contribution in [0.2, 0.25) is 10.0 Å². The molecule has 0 radical (unpaired) electrons. The third kappa shape index (κ3) is 7.16. The van der Waals surface area contributed by atoms with E-state index in [2.05, 4.69) is 15.5 Å². The first-order chi connectivity index (χ1) is 19.6. The highest BCUT2D eigenvalue weighted by Crippen LogP contribution is 2.33. The molecule has 0 saturated carbocycles. The molecule has 3 aromatic rings. The van der Waals surface area contributed by atoms with Gasteiger partial charge in [-0.3, -0.25) is 14.4 Å². The monoisotopic (exact) mass is 594 g/mol.